The molecule has 0 amide bonds. The van der Waals surface area contributed by atoms with Gasteiger partial charge in [0.1, 0.15) is 0 Å². The maximum Gasteiger partial charge on any atom is 0.307 e. The molecule has 0 aliphatic heterocycles. The maximum atomic E-state index is 11.3. The normalized spacial score (nSPS) is 22.4. The molecule has 0 fully saturated rings. The minimum atomic E-state index is -0.620. The molecule has 0 aromatic heterocycles. The second kappa shape index (κ2) is 5.19. The Morgan fingerprint density at radius 1 is 1.39 bits per heavy atom. The van der Waals surface area contributed by atoms with Gasteiger partial charge in [-0.15, -0.1) is 0 Å². The van der Waals surface area contributed by atoms with Crippen molar-refractivity contribution in [3.8, 4) is 0 Å². The molecule has 1 aliphatic rings. The average Bonchev–Trinajstić information content (AvgIpc) is 2.40. The molecule has 2 N–H and O–H groups in total. The van der Waals surface area contributed by atoms with Crippen molar-refractivity contribution in [2.45, 2.75) is 18.4 Å². The summed E-state index contributed by atoms with van der Waals surface area (Å²) in [5.41, 5.74) is 7.83. The summed E-state index contributed by atoms with van der Waals surface area (Å²) in [5, 5.41) is 0. The van der Waals surface area contributed by atoms with Gasteiger partial charge in [0.15, 0.2) is 0 Å². The van der Waals surface area contributed by atoms with Crippen LogP contribution in [0, 0.1) is 0 Å². The fraction of sp³-hybridized carbons (Fsp3) is 0.267. The molecule has 1 atom stereocenters. The molecule has 0 radical (unpaired) electrons. The predicted molar refractivity (Wildman–Crippen MR) is 71.7 cm³/mol. The molecule has 1 aromatic rings. The Bertz CT molecular complexity index is 490. The van der Waals surface area contributed by atoms with Crippen LogP contribution in [-0.4, -0.2) is 18.6 Å². The minimum Gasteiger partial charge on any atom is -0.469 e. The van der Waals surface area contributed by atoms with Crippen LogP contribution >= 0.6 is 0 Å². The standard InChI is InChI=1S/C15H17NO2/c1-18-14(17)11-15(16)9-7-13(8-10-15)12-5-3-2-4-6-12/h2-9H,10-11,16H2,1H3. The van der Waals surface area contributed by atoms with Gasteiger partial charge < -0.3 is 10.5 Å². The van der Waals surface area contributed by atoms with E-state index in [4.69, 9.17) is 5.73 Å². The van der Waals surface area contributed by atoms with Crippen LogP contribution in [0.5, 0.6) is 0 Å². The SMILES string of the molecule is COC(=O)CC1(N)C=CC(c2ccccc2)=CC1. The van der Waals surface area contributed by atoms with E-state index >= 15 is 0 Å². The average molecular weight is 243 g/mol. The Morgan fingerprint density at radius 2 is 2.11 bits per heavy atom. The van der Waals surface area contributed by atoms with Crippen molar-refractivity contribution in [2.24, 2.45) is 5.73 Å². The number of rotatable bonds is 3. The van der Waals surface area contributed by atoms with Crippen LogP contribution in [0.15, 0.2) is 48.6 Å². The molecule has 3 nitrogen and oxygen atoms in total. The zero-order chi connectivity index (χ0) is 13.0. The van der Waals surface area contributed by atoms with E-state index in [-0.39, 0.29) is 12.4 Å². The maximum absolute atomic E-state index is 11.3. The van der Waals surface area contributed by atoms with Gasteiger partial charge in [-0.25, -0.2) is 0 Å². The fourth-order valence-electron chi connectivity index (χ4n) is 2.01. The van der Waals surface area contributed by atoms with E-state index in [1.807, 2.05) is 30.4 Å². The number of ether oxygens (including phenoxy) is 1. The Morgan fingerprint density at radius 3 is 2.67 bits per heavy atom. The van der Waals surface area contributed by atoms with E-state index < -0.39 is 5.54 Å². The minimum absolute atomic E-state index is 0.207. The molecule has 2 rings (SSSR count). The molecule has 3 heteroatoms. The van der Waals surface area contributed by atoms with Gasteiger partial charge in [0.2, 0.25) is 0 Å². The van der Waals surface area contributed by atoms with Gasteiger partial charge in [-0.2, -0.15) is 0 Å². The number of benzene rings is 1. The van der Waals surface area contributed by atoms with Crippen molar-refractivity contribution >= 4 is 11.5 Å². The van der Waals surface area contributed by atoms with Gasteiger partial charge in [0, 0.05) is 5.54 Å². The first-order valence-corrected chi connectivity index (χ1v) is 5.93. The Balaban J connectivity index is 2.09. The highest BCUT2D eigenvalue weighted by atomic mass is 16.5. The largest absolute Gasteiger partial charge is 0.469 e. The summed E-state index contributed by atoms with van der Waals surface area (Å²) in [5.74, 6) is -0.279. The number of allylic oxidation sites excluding steroid dienone is 2. The first-order valence-electron chi connectivity index (χ1n) is 5.93. The molecule has 94 valence electrons. The summed E-state index contributed by atoms with van der Waals surface area (Å²) < 4.78 is 4.66. The number of hydrogen-bond donors (Lipinski definition) is 1. The summed E-state index contributed by atoms with van der Waals surface area (Å²) >= 11 is 0. The van der Waals surface area contributed by atoms with E-state index in [2.05, 4.69) is 22.9 Å². The quantitative estimate of drug-likeness (QED) is 0.829. The van der Waals surface area contributed by atoms with E-state index in [9.17, 15) is 4.79 Å². The molecule has 0 spiro atoms. The van der Waals surface area contributed by atoms with E-state index in [1.54, 1.807) is 0 Å². The summed E-state index contributed by atoms with van der Waals surface area (Å²) in [7, 11) is 1.38. The van der Waals surface area contributed by atoms with Gasteiger partial charge in [-0.1, -0.05) is 48.6 Å². The van der Waals surface area contributed by atoms with Gasteiger partial charge in [-0.3, -0.25) is 4.79 Å². The third kappa shape index (κ3) is 2.87. The zero-order valence-corrected chi connectivity index (χ0v) is 10.4. The van der Waals surface area contributed by atoms with E-state index in [0.29, 0.717) is 6.42 Å². The number of carbonyl (C=O) groups excluding carboxylic acids is 1. The van der Waals surface area contributed by atoms with Crippen molar-refractivity contribution in [3.63, 3.8) is 0 Å². The molecular formula is C15H17NO2. The Kier molecular flexibility index (Phi) is 3.63. The third-order valence-corrected chi connectivity index (χ3v) is 3.11. The Hall–Kier alpha value is -1.87. The number of hydrogen-bond acceptors (Lipinski definition) is 3. The lowest BCUT2D eigenvalue weighted by molar-refractivity contribution is -0.141. The van der Waals surface area contributed by atoms with Crippen LogP contribution in [0.2, 0.25) is 0 Å². The second-order valence-corrected chi connectivity index (χ2v) is 4.55. The molecule has 18 heavy (non-hydrogen) atoms. The topological polar surface area (TPSA) is 52.3 Å². The molecule has 1 unspecified atom stereocenters. The highest BCUT2D eigenvalue weighted by Gasteiger charge is 2.27. The molecular weight excluding hydrogens is 226 g/mol. The van der Waals surface area contributed by atoms with Gasteiger partial charge in [-0.05, 0) is 17.6 Å². The first-order chi connectivity index (χ1) is 8.63. The number of nitrogens with two attached hydrogens (primary N) is 1. The monoisotopic (exact) mass is 243 g/mol. The van der Waals surface area contributed by atoms with Crippen LogP contribution in [0.1, 0.15) is 18.4 Å². The Labute approximate surface area is 107 Å². The zero-order valence-electron chi connectivity index (χ0n) is 10.4. The van der Waals surface area contributed by atoms with Crippen molar-refractivity contribution in [3.05, 3.63) is 54.1 Å². The van der Waals surface area contributed by atoms with Crippen LogP contribution in [0.3, 0.4) is 0 Å². The third-order valence-electron chi connectivity index (χ3n) is 3.11. The van der Waals surface area contributed by atoms with Crippen LogP contribution in [0.25, 0.3) is 5.57 Å². The second-order valence-electron chi connectivity index (χ2n) is 4.55. The number of methoxy groups -OCH3 is 1. The first kappa shape index (κ1) is 12.6. The van der Waals surface area contributed by atoms with Crippen LogP contribution < -0.4 is 5.73 Å². The molecule has 0 saturated carbocycles. The van der Waals surface area contributed by atoms with Gasteiger partial charge >= 0.3 is 5.97 Å². The summed E-state index contributed by atoms with van der Waals surface area (Å²) in [6.07, 6.45) is 6.79. The lowest BCUT2D eigenvalue weighted by Gasteiger charge is -2.26. The van der Waals surface area contributed by atoms with Gasteiger partial charge in [0.05, 0.1) is 13.5 Å². The smallest absolute Gasteiger partial charge is 0.307 e. The van der Waals surface area contributed by atoms with Crippen molar-refractivity contribution in [1.29, 1.82) is 0 Å². The molecule has 0 saturated heterocycles. The van der Waals surface area contributed by atoms with Crippen LogP contribution in [-0.2, 0) is 9.53 Å². The summed E-state index contributed by atoms with van der Waals surface area (Å²) in [6, 6.07) is 10.1. The molecule has 0 bridgehead atoms. The molecule has 0 heterocycles. The van der Waals surface area contributed by atoms with Crippen molar-refractivity contribution in [1.82, 2.24) is 0 Å². The summed E-state index contributed by atoms with van der Waals surface area (Å²) in [4.78, 5) is 11.3. The lowest BCUT2D eigenvalue weighted by atomic mass is 9.85. The van der Waals surface area contributed by atoms with E-state index in [0.717, 1.165) is 11.1 Å². The number of esters is 1. The lowest BCUT2D eigenvalue weighted by Crippen LogP contribution is -2.40. The number of carbonyl (C=O) groups is 1. The van der Waals surface area contributed by atoms with Crippen molar-refractivity contribution < 1.29 is 9.53 Å². The predicted octanol–water partition coefficient (Wildman–Crippen LogP) is 2.29. The molecule has 1 aliphatic carbocycles. The van der Waals surface area contributed by atoms with Crippen molar-refractivity contribution in [2.75, 3.05) is 7.11 Å². The fourth-order valence-corrected chi connectivity index (χ4v) is 2.01. The highest BCUT2D eigenvalue weighted by Crippen LogP contribution is 2.27. The highest BCUT2D eigenvalue weighted by molar-refractivity contribution is 5.77. The van der Waals surface area contributed by atoms with E-state index in [1.165, 1.54) is 7.11 Å². The summed E-state index contributed by atoms with van der Waals surface area (Å²) in [6.45, 7) is 0. The molecule has 1 aromatic carbocycles. The van der Waals surface area contributed by atoms with Crippen LogP contribution in [0.4, 0.5) is 0 Å². The van der Waals surface area contributed by atoms with Gasteiger partial charge in [0.25, 0.3) is 0 Å².